The van der Waals surface area contributed by atoms with E-state index in [1.165, 1.54) is 11.3 Å². The summed E-state index contributed by atoms with van der Waals surface area (Å²) in [6.07, 6.45) is 6.21. The van der Waals surface area contributed by atoms with Gasteiger partial charge in [-0.25, -0.2) is 4.98 Å². The molecule has 1 saturated carbocycles. The summed E-state index contributed by atoms with van der Waals surface area (Å²) < 4.78 is 1.92. The van der Waals surface area contributed by atoms with Gasteiger partial charge >= 0.3 is 0 Å². The van der Waals surface area contributed by atoms with Crippen LogP contribution < -0.4 is 0 Å². The second-order valence-corrected chi connectivity index (χ2v) is 6.31. The van der Waals surface area contributed by atoms with Crippen molar-refractivity contribution in [2.75, 3.05) is 13.6 Å². The number of hydrogen-bond acceptors (Lipinski definition) is 4. The minimum absolute atomic E-state index is 0.0340. The molecule has 19 heavy (non-hydrogen) atoms. The summed E-state index contributed by atoms with van der Waals surface area (Å²) >= 11 is 1.40. The second-order valence-electron chi connectivity index (χ2n) is 5.34. The van der Waals surface area contributed by atoms with E-state index in [1.807, 2.05) is 17.5 Å². The van der Waals surface area contributed by atoms with Crippen LogP contribution in [-0.2, 0) is 0 Å². The summed E-state index contributed by atoms with van der Waals surface area (Å²) in [4.78, 5) is 19.8. The maximum absolute atomic E-state index is 12.4. The molecule has 0 saturated heterocycles. The third-order valence-electron chi connectivity index (χ3n) is 3.85. The van der Waals surface area contributed by atoms with E-state index in [1.54, 1.807) is 18.1 Å². The van der Waals surface area contributed by atoms with Crippen LogP contribution in [0.3, 0.4) is 0 Å². The molecule has 5 nitrogen and oxygen atoms in total. The van der Waals surface area contributed by atoms with Gasteiger partial charge in [-0.15, -0.1) is 0 Å². The number of nitrogens with zero attached hydrogens (tertiary/aromatic N) is 3. The van der Waals surface area contributed by atoms with Crippen molar-refractivity contribution in [3.8, 4) is 0 Å². The fourth-order valence-electron chi connectivity index (χ4n) is 2.52. The zero-order chi connectivity index (χ0) is 13.6. The maximum atomic E-state index is 12.4. The lowest BCUT2D eigenvalue weighted by Gasteiger charge is -2.39. The molecule has 0 radical (unpaired) electrons. The summed E-state index contributed by atoms with van der Waals surface area (Å²) in [6.45, 7) is 2.33. The number of rotatable bonds is 3. The molecule has 0 unspecified atom stereocenters. The van der Waals surface area contributed by atoms with E-state index in [9.17, 15) is 9.90 Å². The first-order valence-corrected chi connectivity index (χ1v) is 7.22. The molecule has 3 rings (SSSR count). The van der Waals surface area contributed by atoms with Crippen LogP contribution in [0, 0.1) is 6.92 Å². The highest BCUT2D eigenvalue weighted by Gasteiger charge is 2.37. The van der Waals surface area contributed by atoms with Crippen molar-refractivity contribution in [1.29, 1.82) is 0 Å². The monoisotopic (exact) mass is 279 g/mol. The van der Waals surface area contributed by atoms with Crippen LogP contribution in [0.4, 0.5) is 0 Å². The van der Waals surface area contributed by atoms with Gasteiger partial charge in [-0.1, -0.05) is 11.3 Å². The van der Waals surface area contributed by atoms with E-state index in [4.69, 9.17) is 0 Å². The molecule has 2 aromatic heterocycles. The van der Waals surface area contributed by atoms with Crippen LogP contribution >= 0.6 is 11.3 Å². The molecular formula is C13H17N3O2S. The number of hydrogen-bond donors (Lipinski definition) is 1. The minimum atomic E-state index is -0.671. The molecule has 6 heteroatoms. The summed E-state index contributed by atoms with van der Waals surface area (Å²) in [5.74, 6) is -0.0340. The lowest BCUT2D eigenvalue weighted by Crippen LogP contribution is -2.48. The number of aryl methyl sites for hydroxylation is 1. The number of imidazole rings is 1. The lowest BCUT2D eigenvalue weighted by molar-refractivity contribution is -0.0498. The summed E-state index contributed by atoms with van der Waals surface area (Å²) in [5.41, 5.74) is 0.241. The average molecular weight is 279 g/mol. The topological polar surface area (TPSA) is 57.8 Å². The second kappa shape index (κ2) is 4.31. The number of likely N-dealkylation sites (N-methyl/N-ethyl adjacent to an activating group) is 1. The van der Waals surface area contributed by atoms with Crippen molar-refractivity contribution in [2.24, 2.45) is 0 Å². The first kappa shape index (κ1) is 12.6. The molecule has 0 spiro atoms. The van der Waals surface area contributed by atoms with Gasteiger partial charge in [0.25, 0.3) is 5.91 Å². The lowest BCUT2D eigenvalue weighted by atomic mass is 9.80. The molecule has 0 bridgehead atoms. The highest BCUT2D eigenvalue weighted by Crippen LogP contribution is 2.32. The SMILES string of the molecule is Cc1c(C(=O)N(C)CC2(O)CCC2)sc2nccn12. The highest BCUT2D eigenvalue weighted by molar-refractivity contribution is 7.19. The van der Waals surface area contributed by atoms with E-state index >= 15 is 0 Å². The molecule has 1 amide bonds. The van der Waals surface area contributed by atoms with Crippen LogP contribution in [0.15, 0.2) is 12.4 Å². The van der Waals surface area contributed by atoms with Crippen molar-refractivity contribution < 1.29 is 9.90 Å². The van der Waals surface area contributed by atoms with Crippen LogP contribution in [0.25, 0.3) is 4.96 Å². The number of amides is 1. The number of carbonyl (C=O) groups excluding carboxylic acids is 1. The molecule has 1 aliphatic carbocycles. The predicted molar refractivity (Wildman–Crippen MR) is 73.6 cm³/mol. The van der Waals surface area contributed by atoms with Gasteiger partial charge < -0.3 is 10.0 Å². The fraction of sp³-hybridized carbons (Fsp3) is 0.538. The Labute approximate surface area is 115 Å². The molecule has 0 aliphatic heterocycles. The number of thiazole rings is 1. The Hall–Kier alpha value is -1.40. The number of carbonyl (C=O) groups is 1. The van der Waals surface area contributed by atoms with Crippen molar-refractivity contribution in [1.82, 2.24) is 14.3 Å². The predicted octanol–water partition coefficient (Wildman–Crippen LogP) is 1.69. The van der Waals surface area contributed by atoms with Crippen LogP contribution in [0.5, 0.6) is 0 Å². The average Bonchev–Trinajstić information content (AvgIpc) is 2.90. The molecule has 102 valence electrons. The van der Waals surface area contributed by atoms with Gasteiger partial charge in [0.2, 0.25) is 0 Å². The molecule has 1 fully saturated rings. The van der Waals surface area contributed by atoms with Gasteiger partial charge in [0.05, 0.1) is 5.60 Å². The first-order valence-electron chi connectivity index (χ1n) is 6.40. The van der Waals surface area contributed by atoms with Crippen LogP contribution in [-0.4, -0.2) is 44.5 Å². The van der Waals surface area contributed by atoms with E-state index in [2.05, 4.69) is 4.98 Å². The Morgan fingerprint density at radius 3 is 2.95 bits per heavy atom. The molecule has 2 aromatic rings. The smallest absolute Gasteiger partial charge is 0.265 e. The Balaban J connectivity index is 1.82. The zero-order valence-electron chi connectivity index (χ0n) is 11.1. The number of aromatic nitrogens is 2. The van der Waals surface area contributed by atoms with E-state index < -0.39 is 5.60 Å². The summed E-state index contributed by atoms with van der Waals surface area (Å²) in [5, 5.41) is 10.1. The largest absolute Gasteiger partial charge is 0.388 e. The quantitative estimate of drug-likeness (QED) is 0.930. The molecular weight excluding hydrogens is 262 g/mol. The number of aliphatic hydroxyl groups is 1. The Kier molecular flexibility index (Phi) is 2.87. The molecule has 1 N–H and O–H groups in total. The van der Waals surface area contributed by atoms with Gasteiger partial charge in [0.15, 0.2) is 4.96 Å². The van der Waals surface area contributed by atoms with E-state index in [-0.39, 0.29) is 5.91 Å². The number of fused-ring (bicyclic) bond motifs is 1. The van der Waals surface area contributed by atoms with Crippen molar-refractivity contribution in [3.05, 3.63) is 23.0 Å². The van der Waals surface area contributed by atoms with Gasteiger partial charge in [0.1, 0.15) is 4.88 Å². The third kappa shape index (κ3) is 2.04. The van der Waals surface area contributed by atoms with Gasteiger partial charge in [-0.3, -0.25) is 9.20 Å². The zero-order valence-corrected chi connectivity index (χ0v) is 11.9. The fourth-order valence-corrected chi connectivity index (χ4v) is 3.60. The van der Waals surface area contributed by atoms with Crippen molar-refractivity contribution >= 4 is 22.2 Å². The van der Waals surface area contributed by atoms with Gasteiger partial charge in [0, 0.05) is 31.7 Å². The summed E-state index contributed by atoms with van der Waals surface area (Å²) in [6, 6.07) is 0. The normalized spacial score (nSPS) is 17.4. The summed E-state index contributed by atoms with van der Waals surface area (Å²) in [7, 11) is 1.75. The van der Waals surface area contributed by atoms with E-state index in [0.717, 1.165) is 29.9 Å². The maximum Gasteiger partial charge on any atom is 0.265 e. The Morgan fingerprint density at radius 1 is 1.63 bits per heavy atom. The van der Waals surface area contributed by atoms with E-state index in [0.29, 0.717) is 11.4 Å². The van der Waals surface area contributed by atoms with Gasteiger partial charge in [-0.2, -0.15) is 0 Å². The molecule has 2 heterocycles. The van der Waals surface area contributed by atoms with Crippen LogP contribution in [0.2, 0.25) is 0 Å². The Morgan fingerprint density at radius 2 is 2.37 bits per heavy atom. The first-order chi connectivity index (χ1) is 9.00. The van der Waals surface area contributed by atoms with Crippen molar-refractivity contribution in [3.63, 3.8) is 0 Å². The highest BCUT2D eigenvalue weighted by atomic mass is 32.1. The third-order valence-corrected chi connectivity index (χ3v) is 5.01. The molecule has 0 atom stereocenters. The van der Waals surface area contributed by atoms with Crippen molar-refractivity contribution in [2.45, 2.75) is 31.8 Å². The minimum Gasteiger partial charge on any atom is -0.388 e. The standard InChI is InChI=1S/C13H17N3O2S/c1-9-10(19-12-14-6-7-16(9)12)11(17)15(2)8-13(18)4-3-5-13/h6-7,18H,3-5,8H2,1-2H3. The molecule has 0 aromatic carbocycles. The van der Waals surface area contributed by atoms with Crippen LogP contribution in [0.1, 0.15) is 34.6 Å². The Bertz CT molecular complexity index is 627. The molecule has 1 aliphatic rings. The van der Waals surface area contributed by atoms with Gasteiger partial charge in [-0.05, 0) is 26.2 Å².